The summed E-state index contributed by atoms with van der Waals surface area (Å²) in [5.74, 6) is -1.35. The van der Waals surface area contributed by atoms with Gasteiger partial charge in [-0.2, -0.15) is 0 Å². The Balaban J connectivity index is 1.50. The molecule has 0 atom stereocenters. The Bertz CT molecular complexity index is 2750. The lowest BCUT2D eigenvalue weighted by Gasteiger charge is -2.18. The van der Waals surface area contributed by atoms with Crippen molar-refractivity contribution in [3.63, 3.8) is 0 Å². The second kappa shape index (κ2) is 18.1. The highest BCUT2D eigenvalue weighted by Gasteiger charge is 2.23. The first-order valence-corrected chi connectivity index (χ1v) is 19.5. The molecule has 60 heavy (non-hydrogen) atoms. The van der Waals surface area contributed by atoms with Crippen LogP contribution < -0.4 is 18.9 Å². The average molecular weight is 799 g/mol. The van der Waals surface area contributed by atoms with Crippen molar-refractivity contribution in [2.45, 2.75) is 53.9 Å². The molecule has 0 aliphatic heterocycles. The SMILES string of the molecule is C=C(C)C(=O)Oc1cc(-c2ccc(-c3ccc4c(OC(=O)C(=C)C)c(-c5ccc(CCCC)cc5)ccc4c3OC(=O)C(=C)C)cc2)c2cccc(OC(=O)C(=C)C)c2c1. The third-order valence-corrected chi connectivity index (χ3v) is 9.82. The number of unbranched alkanes of at least 4 members (excludes halogenated alkanes) is 1. The number of benzene rings is 6. The normalized spacial score (nSPS) is 10.8. The molecule has 0 aliphatic carbocycles. The van der Waals surface area contributed by atoms with Crippen LogP contribution in [0.2, 0.25) is 0 Å². The molecule has 0 aliphatic rings. The molecule has 8 heteroatoms. The van der Waals surface area contributed by atoms with Gasteiger partial charge in [0.1, 0.15) is 23.0 Å². The summed E-state index contributed by atoms with van der Waals surface area (Å²) in [7, 11) is 0. The maximum atomic E-state index is 13.2. The van der Waals surface area contributed by atoms with Crippen LogP contribution in [0.5, 0.6) is 23.0 Å². The van der Waals surface area contributed by atoms with E-state index in [-0.39, 0.29) is 39.5 Å². The van der Waals surface area contributed by atoms with E-state index >= 15 is 0 Å². The zero-order chi connectivity index (χ0) is 43.2. The van der Waals surface area contributed by atoms with Crippen LogP contribution in [0.25, 0.3) is 54.9 Å². The van der Waals surface area contributed by atoms with Crippen LogP contribution in [-0.2, 0) is 25.6 Å². The Kier molecular flexibility index (Phi) is 12.7. The molecule has 0 spiro atoms. The van der Waals surface area contributed by atoms with Crippen LogP contribution in [0.15, 0.2) is 152 Å². The minimum Gasteiger partial charge on any atom is -0.423 e. The van der Waals surface area contributed by atoms with Gasteiger partial charge in [-0.3, -0.25) is 0 Å². The van der Waals surface area contributed by atoms with E-state index in [0.717, 1.165) is 35.8 Å². The van der Waals surface area contributed by atoms with Crippen LogP contribution in [-0.4, -0.2) is 23.9 Å². The molecule has 0 saturated carbocycles. The molecule has 6 rings (SSSR count). The zero-order valence-electron chi connectivity index (χ0n) is 34.5. The van der Waals surface area contributed by atoms with Crippen LogP contribution in [0.3, 0.4) is 0 Å². The molecule has 0 bridgehead atoms. The van der Waals surface area contributed by atoms with Crippen molar-refractivity contribution in [2.24, 2.45) is 0 Å². The average Bonchev–Trinajstić information content (AvgIpc) is 3.23. The zero-order valence-corrected chi connectivity index (χ0v) is 34.5. The summed E-state index contributed by atoms with van der Waals surface area (Å²) in [6.45, 7) is 23.4. The van der Waals surface area contributed by atoms with Crippen molar-refractivity contribution in [3.05, 3.63) is 157 Å². The van der Waals surface area contributed by atoms with Gasteiger partial charge in [-0.25, -0.2) is 19.2 Å². The predicted octanol–water partition coefficient (Wildman–Crippen LogP) is 12.3. The molecular weight excluding hydrogens is 753 g/mol. The Hall–Kier alpha value is -7.32. The number of hydrogen-bond donors (Lipinski definition) is 0. The molecule has 0 heterocycles. The number of rotatable bonds is 14. The molecule has 0 amide bonds. The summed E-state index contributed by atoms with van der Waals surface area (Å²) in [5, 5.41) is 2.36. The van der Waals surface area contributed by atoms with Gasteiger partial charge in [0.2, 0.25) is 0 Å². The quantitative estimate of drug-likeness (QED) is 0.0609. The smallest absolute Gasteiger partial charge is 0.338 e. The summed E-state index contributed by atoms with van der Waals surface area (Å²) >= 11 is 0. The third-order valence-electron chi connectivity index (χ3n) is 9.82. The first-order chi connectivity index (χ1) is 28.7. The highest BCUT2D eigenvalue weighted by molar-refractivity contribution is 6.07. The van der Waals surface area contributed by atoms with Crippen molar-refractivity contribution in [1.82, 2.24) is 0 Å². The van der Waals surface area contributed by atoms with Crippen molar-refractivity contribution in [3.8, 4) is 56.4 Å². The van der Waals surface area contributed by atoms with Crippen molar-refractivity contribution >= 4 is 45.4 Å². The fourth-order valence-electron chi connectivity index (χ4n) is 6.55. The summed E-state index contributed by atoms with van der Waals surface area (Å²) in [6.07, 6.45) is 3.14. The van der Waals surface area contributed by atoms with Crippen molar-refractivity contribution < 1.29 is 38.1 Å². The largest absolute Gasteiger partial charge is 0.423 e. The van der Waals surface area contributed by atoms with Crippen LogP contribution in [0.1, 0.15) is 53.0 Å². The third kappa shape index (κ3) is 9.19. The lowest BCUT2D eigenvalue weighted by molar-refractivity contribution is -0.131. The highest BCUT2D eigenvalue weighted by atomic mass is 16.5. The number of hydrogen-bond acceptors (Lipinski definition) is 8. The Morgan fingerprint density at radius 2 is 0.917 bits per heavy atom. The lowest BCUT2D eigenvalue weighted by atomic mass is 9.93. The van der Waals surface area contributed by atoms with Gasteiger partial charge in [0, 0.05) is 49.6 Å². The van der Waals surface area contributed by atoms with E-state index < -0.39 is 23.9 Å². The van der Waals surface area contributed by atoms with Gasteiger partial charge in [-0.1, -0.05) is 100 Å². The topological polar surface area (TPSA) is 105 Å². The second-order valence-electron chi connectivity index (χ2n) is 14.9. The Morgan fingerprint density at radius 3 is 1.40 bits per heavy atom. The molecule has 6 aromatic rings. The first-order valence-electron chi connectivity index (χ1n) is 19.5. The number of fused-ring (bicyclic) bond motifs is 2. The van der Waals surface area contributed by atoms with Crippen molar-refractivity contribution in [2.75, 3.05) is 0 Å². The van der Waals surface area contributed by atoms with Gasteiger partial charge >= 0.3 is 23.9 Å². The van der Waals surface area contributed by atoms with Gasteiger partial charge in [-0.05, 0) is 116 Å². The maximum Gasteiger partial charge on any atom is 0.338 e. The Labute approximate surface area is 350 Å². The first kappa shape index (κ1) is 42.3. The van der Waals surface area contributed by atoms with E-state index in [4.69, 9.17) is 18.9 Å². The van der Waals surface area contributed by atoms with Gasteiger partial charge in [0.25, 0.3) is 0 Å². The van der Waals surface area contributed by atoms with E-state index in [0.29, 0.717) is 44.2 Å². The van der Waals surface area contributed by atoms with Gasteiger partial charge < -0.3 is 18.9 Å². The van der Waals surface area contributed by atoms with Gasteiger partial charge in [0.05, 0.1) is 0 Å². The fourth-order valence-corrected chi connectivity index (χ4v) is 6.55. The highest BCUT2D eigenvalue weighted by Crippen LogP contribution is 2.45. The monoisotopic (exact) mass is 798 g/mol. The summed E-state index contributed by atoms with van der Waals surface area (Å²) in [6, 6.07) is 31.8. The molecule has 8 nitrogen and oxygen atoms in total. The molecule has 0 unspecified atom stereocenters. The van der Waals surface area contributed by atoms with E-state index in [9.17, 15) is 19.2 Å². The molecule has 6 aromatic carbocycles. The summed E-state index contributed by atoms with van der Waals surface area (Å²) in [4.78, 5) is 51.6. The van der Waals surface area contributed by atoms with E-state index in [1.165, 1.54) is 5.56 Å². The second-order valence-corrected chi connectivity index (χ2v) is 14.9. The number of ether oxygens (including phenoxy) is 4. The maximum absolute atomic E-state index is 13.2. The van der Waals surface area contributed by atoms with Crippen LogP contribution >= 0.6 is 0 Å². The number of carbonyl (C=O) groups is 4. The summed E-state index contributed by atoms with van der Waals surface area (Å²) in [5.41, 5.74) is 6.39. The fraction of sp³-hybridized carbons (Fsp3) is 0.154. The van der Waals surface area contributed by atoms with E-state index in [1.807, 2.05) is 66.7 Å². The van der Waals surface area contributed by atoms with Gasteiger partial charge in [-0.15, -0.1) is 0 Å². The van der Waals surface area contributed by atoms with Crippen molar-refractivity contribution in [1.29, 1.82) is 0 Å². The molecule has 0 saturated heterocycles. The summed E-state index contributed by atoms with van der Waals surface area (Å²) < 4.78 is 23.5. The van der Waals surface area contributed by atoms with E-state index in [2.05, 4.69) is 45.4 Å². The molecule has 0 radical (unpaired) electrons. The number of aryl methyl sites for hydroxylation is 1. The number of esters is 4. The Morgan fingerprint density at radius 1 is 0.467 bits per heavy atom. The molecule has 0 N–H and O–H groups in total. The number of carbonyl (C=O) groups excluding carboxylic acids is 4. The lowest BCUT2D eigenvalue weighted by Crippen LogP contribution is -2.11. The molecule has 0 fully saturated rings. The minimum absolute atomic E-state index is 0.203. The standard InChI is InChI=1S/C52H46O8/c1-10-11-13-34-16-18-35(19-17-34)39-24-26-43-42(47(39)59-51(55)32(6)7)27-25-40(48(43)60-52(56)33(8)9)36-20-22-37(23-21-36)44-28-38(57-49(53)30(2)3)29-45-41(44)14-12-15-46(45)58-50(54)31(4)5/h12,14-29H,2,4,6,8,10-11,13H2,1,3,5,7,9H3. The minimum atomic E-state index is -0.622. The molecule has 0 aromatic heterocycles. The van der Waals surface area contributed by atoms with Crippen LogP contribution in [0, 0.1) is 0 Å². The predicted molar refractivity (Wildman–Crippen MR) is 238 cm³/mol. The van der Waals surface area contributed by atoms with E-state index in [1.54, 1.807) is 52.0 Å². The van der Waals surface area contributed by atoms with Gasteiger partial charge in [0.15, 0.2) is 0 Å². The molecular formula is C52H46O8. The molecule has 302 valence electrons. The van der Waals surface area contributed by atoms with Crippen LogP contribution in [0.4, 0.5) is 0 Å².